The van der Waals surface area contributed by atoms with E-state index in [1.165, 1.54) is 4.31 Å². The summed E-state index contributed by atoms with van der Waals surface area (Å²) in [4.78, 5) is 15.6. The minimum Gasteiger partial charge on any atom is -0.368 e. The normalized spacial score (nSPS) is 36.3. The number of rotatable bonds is 5. The molecular formula is C25H34FN7O3S. The van der Waals surface area contributed by atoms with Crippen LogP contribution in [0.15, 0.2) is 23.1 Å². The van der Waals surface area contributed by atoms with Gasteiger partial charge in [0.25, 0.3) is 0 Å². The monoisotopic (exact) mass is 531 g/mol. The van der Waals surface area contributed by atoms with Gasteiger partial charge in [-0.25, -0.2) is 23.2 Å². The maximum atomic E-state index is 13.4. The van der Waals surface area contributed by atoms with Crippen molar-refractivity contribution in [3.05, 3.63) is 23.8 Å². The van der Waals surface area contributed by atoms with Gasteiger partial charge in [0.05, 0.1) is 23.3 Å². The molecule has 4 fully saturated rings. The van der Waals surface area contributed by atoms with Gasteiger partial charge >= 0.3 is 0 Å². The summed E-state index contributed by atoms with van der Waals surface area (Å²) in [7, 11) is -1.88. The van der Waals surface area contributed by atoms with Gasteiger partial charge in [0.1, 0.15) is 12.3 Å². The van der Waals surface area contributed by atoms with E-state index in [1.807, 2.05) is 6.07 Å². The average Bonchev–Trinajstić information content (AvgIpc) is 3.33. The number of carbonyl (C=O) groups is 1. The zero-order valence-electron chi connectivity index (χ0n) is 21.0. The molecule has 10 nitrogen and oxygen atoms in total. The number of hydrogen-bond donors (Lipinski definition) is 3. The molecule has 1 aromatic carbocycles. The second-order valence-electron chi connectivity index (χ2n) is 11.2. The minimum atomic E-state index is -3.44. The van der Waals surface area contributed by atoms with Gasteiger partial charge in [0, 0.05) is 56.5 Å². The quantitative estimate of drug-likeness (QED) is 0.517. The molecule has 0 bridgehead atoms. The van der Waals surface area contributed by atoms with Crippen LogP contribution in [-0.2, 0) is 21.4 Å². The zero-order chi connectivity index (χ0) is 25.9. The van der Waals surface area contributed by atoms with Crippen molar-refractivity contribution in [3.63, 3.8) is 0 Å². The third-order valence-electron chi connectivity index (χ3n) is 9.08. The smallest absolute Gasteiger partial charge is 0.243 e. The van der Waals surface area contributed by atoms with Crippen LogP contribution in [0.2, 0.25) is 0 Å². The van der Waals surface area contributed by atoms with Crippen molar-refractivity contribution >= 4 is 21.6 Å². The molecule has 3 atom stereocenters. The molecule has 0 spiro atoms. The first kappa shape index (κ1) is 25.0. The number of fused-ring (bicyclic) bond motifs is 2. The fourth-order valence-corrected chi connectivity index (χ4v) is 8.38. The highest BCUT2D eigenvalue weighted by Crippen LogP contribution is 2.44. The summed E-state index contributed by atoms with van der Waals surface area (Å²) >= 11 is 0. The van der Waals surface area contributed by atoms with E-state index < -0.39 is 27.9 Å². The topological polar surface area (TPSA) is 121 Å². The van der Waals surface area contributed by atoms with Crippen molar-refractivity contribution in [2.45, 2.75) is 79.9 Å². The molecule has 3 unspecified atom stereocenters. The van der Waals surface area contributed by atoms with Crippen LogP contribution >= 0.6 is 0 Å². The average molecular weight is 532 g/mol. The van der Waals surface area contributed by atoms with Crippen LogP contribution in [-0.4, -0.2) is 85.2 Å². The molecule has 0 radical (unpaired) electrons. The molecular weight excluding hydrogens is 497 g/mol. The molecule has 1 aromatic rings. The lowest BCUT2D eigenvalue weighted by Crippen LogP contribution is -2.62. The molecule has 200 valence electrons. The number of benzene rings is 1. The van der Waals surface area contributed by atoms with E-state index in [0.717, 1.165) is 43.4 Å². The summed E-state index contributed by atoms with van der Waals surface area (Å²) in [6.07, 6.45) is 3.45. The van der Waals surface area contributed by atoms with Crippen molar-refractivity contribution < 1.29 is 17.6 Å². The van der Waals surface area contributed by atoms with Crippen LogP contribution in [0.25, 0.3) is 0 Å². The van der Waals surface area contributed by atoms with Gasteiger partial charge in [-0.15, -0.1) is 0 Å². The molecule has 0 aromatic heterocycles. The molecule has 5 aliphatic rings. The van der Waals surface area contributed by atoms with E-state index in [1.54, 1.807) is 19.2 Å². The molecule has 12 heteroatoms. The molecule has 3 saturated heterocycles. The van der Waals surface area contributed by atoms with Gasteiger partial charge in [-0.2, -0.15) is 9.57 Å². The van der Waals surface area contributed by atoms with Gasteiger partial charge in [-0.3, -0.25) is 9.69 Å². The number of anilines is 1. The summed E-state index contributed by atoms with van der Waals surface area (Å²) in [6, 6.07) is 7.91. The molecule has 4 heterocycles. The number of nitrogens with one attached hydrogen (secondary N) is 3. The third kappa shape index (κ3) is 4.12. The molecule has 4 aliphatic heterocycles. The van der Waals surface area contributed by atoms with Crippen LogP contribution < -0.4 is 16.1 Å². The lowest BCUT2D eigenvalue weighted by atomic mass is 9.74. The number of sulfonamides is 1. The van der Waals surface area contributed by atoms with Gasteiger partial charge < -0.3 is 10.6 Å². The number of amides is 1. The molecule has 1 saturated carbocycles. The van der Waals surface area contributed by atoms with Crippen LogP contribution in [0.4, 0.5) is 10.1 Å². The lowest BCUT2D eigenvalue weighted by Gasteiger charge is -2.51. The van der Waals surface area contributed by atoms with E-state index in [9.17, 15) is 22.9 Å². The van der Waals surface area contributed by atoms with Gasteiger partial charge in [0.15, 0.2) is 0 Å². The highest BCUT2D eigenvalue weighted by atomic mass is 32.2. The number of halogens is 1. The predicted octanol–water partition coefficient (Wildman–Crippen LogP) is 1.13. The highest BCUT2D eigenvalue weighted by Gasteiger charge is 2.55. The van der Waals surface area contributed by atoms with E-state index in [4.69, 9.17) is 0 Å². The van der Waals surface area contributed by atoms with E-state index in [-0.39, 0.29) is 17.9 Å². The first-order valence-electron chi connectivity index (χ1n) is 13.2. The summed E-state index contributed by atoms with van der Waals surface area (Å²) in [5.41, 5.74) is 4.67. The summed E-state index contributed by atoms with van der Waals surface area (Å²) < 4.78 is 39.7. The Labute approximate surface area is 217 Å². The number of nitriles is 1. The SMILES string of the molecule is CN1Cc2cc(NC3NN(C4(CC#N)CCC(N5CC(F)C5)CC4)C4CCNC(=O)C34)ccc2S1(=O)=O. The standard InChI is InChI=1S/C25H34FN7O3S/c1-31-13-16-12-18(2-3-21(16)37(31,35)36)29-23-22-20(6-11-28-24(22)34)33(30-23)25(9-10-27)7-4-19(5-8-25)32-14-17(26)15-32/h2-3,12,17,19-20,22-23,29-30H,4-9,11,13-15H2,1H3,(H,28,34). The van der Waals surface area contributed by atoms with Crippen molar-refractivity contribution in [2.75, 3.05) is 32.0 Å². The second kappa shape index (κ2) is 9.17. The minimum absolute atomic E-state index is 0.0254. The van der Waals surface area contributed by atoms with Crippen LogP contribution in [0.3, 0.4) is 0 Å². The largest absolute Gasteiger partial charge is 0.368 e. The van der Waals surface area contributed by atoms with Crippen LogP contribution in [0, 0.1) is 17.2 Å². The molecule has 3 N–H and O–H groups in total. The number of hydrogen-bond acceptors (Lipinski definition) is 8. The Morgan fingerprint density at radius 1 is 1.24 bits per heavy atom. The summed E-state index contributed by atoms with van der Waals surface area (Å²) in [5, 5.41) is 18.5. The maximum Gasteiger partial charge on any atom is 0.243 e. The summed E-state index contributed by atoms with van der Waals surface area (Å²) in [6.45, 7) is 1.92. The zero-order valence-corrected chi connectivity index (χ0v) is 21.8. The fraction of sp³-hybridized carbons (Fsp3) is 0.680. The van der Waals surface area contributed by atoms with Crippen molar-refractivity contribution in [1.82, 2.24) is 25.0 Å². The number of likely N-dealkylation sites (tertiary alicyclic amines) is 1. The molecule has 1 amide bonds. The number of piperidine rings is 1. The lowest BCUT2D eigenvalue weighted by molar-refractivity contribution is -0.128. The Balaban J connectivity index is 1.24. The Kier molecular flexibility index (Phi) is 6.19. The number of nitrogens with zero attached hydrogens (tertiary/aromatic N) is 4. The van der Waals surface area contributed by atoms with Crippen molar-refractivity contribution in [3.8, 4) is 6.07 Å². The first-order chi connectivity index (χ1) is 17.7. The van der Waals surface area contributed by atoms with Crippen molar-refractivity contribution in [1.29, 1.82) is 5.26 Å². The number of hydrazine groups is 1. The van der Waals surface area contributed by atoms with Crippen LogP contribution in [0.1, 0.15) is 44.1 Å². The predicted molar refractivity (Wildman–Crippen MR) is 134 cm³/mol. The Morgan fingerprint density at radius 3 is 2.70 bits per heavy atom. The fourth-order valence-electron chi connectivity index (χ4n) is 7.04. The van der Waals surface area contributed by atoms with E-state index >= 15 is 0 Å². The maximum absolute atomic E-state index is 13.4. The van der Waals surface area contributed by atoms with E-state index in [2.05, 4.69) is 32.0 Å². The highest BCUT2D eigenvalue weighted by molar-refractivity contribution is 7.89. The molecule has 6 rings (SSSR count). The molecule has 1 aliphatic carbocycles. The Hall–Kier alpha value is -2.30. The Bertz CT molecular complexity index is 1220. The van der Waals surface area contributed by atoms with Gasteiger partial charge in [-0.05, 0) is 55.9 Å². The number of carbonyl (C=O) groups excluding carboxylic acids is 1. The van der Waals surface area contributed by atoms with Gasteiger partial charge in [-0.1, -0.05) is 0 Å². The third-order valence-corrected chi connectivity index (χ3v) is 11.0. The number of alkyl halides is 1. The summed E-state index contributed by atoms with van der Waals surface area (Å²) in [5.74, 6) is -0.382. The van der Waals surface area contributed by atoms with Gasteiger partial charge in [0.2, 0.25) is 15.9 Å². The second-order valence-corrected chi connectivity index (χ2v) is 13.2. The van der Waals surface area contributed by atoms with E-state index in [0.29, 0.717) is 43.5 Å². The first-order valence-corrected chi connectivity index (χ1v) is 14.6. The van der Waals surface area contributed by atoms with Crippen molar-refractivity contribution in [2.24, 2.45) is 5.92 Å². The van der Waals surface area contributed by atoms with Crippen LogP contribution in [0.5, 0.6) is 0 Å². The molecule has 37 heavy (non-hydrogen) atoms. The Morgan fingerprint density at radius 2 is 2.00 bits per heavy atom.